The van der Waals surface area contributed by atoms with Crippen LogP contribution in [-0.4, -0.2) is 6.29 Å². The van der Waals surface area contributed by atoms with Crippen LogP contribution in [-0.2, 0) is 4.79 Å². The molecule has 0 aliphatic rings. The van der Waals surface area contributed by atoms with Crippen molar-refractivity contribution in [2.75, 3.05) is 0 Å². The van der Waals surface area contributed by atoms with Gasteiger partial charge in [-0.3, -0.25) is 0 Å². The predicted molar refractivity (Wildman–Crippen MR) is 80.8 cm³/mol. The van der Waals surface area contributed by atoms with E-state index in [0.29, 0.717) is 0 Å². The van der Waals surface area contributed by atoms with Crippen LogP contribution in [0.25, 0.3) is 0 Å². The standard InChI is InChI=1S/C17H32O/c1-17(2)15-13-11-9-7-5-3-4-6-8-10-12-14-16-18/h9,11,16-17H,3-8,10,12-15H2,1-2H3. The maximum atomic E-state index is 10.1. The smallest absolute Gasteiger partial charge is 0.119 e. The maximum absolute atomic E-state index is 10.1. The zero-order chi connectivity index (χ0) is 13.5. The summed E-state index contributed by atoms with van der Waals surface area (Å²) in [6.07, 6.45) is 19.3. The number of aldehydes is 1. The van der Waals surface area contributed by atoms with Crippen LogP contribution in [0.15, 0.2) is 12.2 Å². The SMILES string of the molecule is CC(C)CCC=CCCCCCCCCCC=O. The summed E-state index contributed by atoms with van der Waals surface area (Å²) >= 11 is 0. The average molecular weight is 252 g/mol. The zero-order valence-electron chi connectivity index (χ0n) is 12.5. The summed E-state index contributed by atoms with van der Waals surface area (Å²) in [4.78, 5) is 10.1. The van der Waals surface area contributed by atoms with Crippen molar-refractivity contribution in [1.29, 1.82) is 0 Å². The van der Waals surface area contributed by atoms with E-state index >= 15 is 0 Å². The Morgan fingerprint density at radius 3 is 1.78 bits per heavy atom. The van der Waals surface area contributed by atoms with E-state index < -0.39 is 0 Å². The molecule has 0 aromatic carbocycles. The Morgan fingerprint density at radius 2 is 1.22 bits per heavy atom. The van der Waals surface area contributed by atoms with Gasteiger partial charge in [0.25, 0.3) is 0 Å². The third kappa shape index (κ3) is 15.4. The quantitative estimate of drug-likeness (QED) is 0.234. The molecule has 0 unspecified atom stereocenters. The van der Waals surface area contributed by atoms with Gasteiger partial charge in [0.15, 0.2) is 0 Å². The molecule has 0 aromatic rings. The first-order valence-electron chi connectivity index (χ1n) is 7.86. The summed E-state index contributed by atoms with van der Waals surface area (Å²) in [5.74, 6) is 0.828. The van der Waals surface area contributed by atoms with Gasteiger partial charge in [0.2, 0.25) is 0 Å². The second kappa shape index (κ2) is 14.5. The van der Waals surface area contributed by atoms with Crippen LogP contribution in [0.2, 0.25) is 0 Å². The van der Waals surface area contributed by atoms with E-state index in [4.69, 9.17) is 0 Å². The highest BCUT2D eigenvalue weighted by molar-refractivity contribution is 5.48. The minimum absolute atomic E-state index is 0.751. The average Bonchev–Trinajstić information content (AvgIpc) is 2.34. The van der Waals surface area contributed by atoms with Crippen molar-refractivity contribution in [3.8, 4) is 0 Å². The predicted octanol–water partition coefficient (Wildman–Crippen LogP) is 5.69. The highest BCUT2D eigenvalue weighted by atomic mass is 16.1. The highest BCUT2D eigenvalue weighted by Crippen LogP contribution is 2.10. The second-order valence-corrected chi connectivity index (χ2v) is 5.66. The van der Waals surface area contributed by atoms with Crippen LogP contribution in [0, 0.1) is 5.92 Å². The van der Waals surface area contributed by atoms with E-state index in [9.17, 15) is 4.79 Å². The summed E-state index contributed by atoms with van der Waals surface area (Å²) < 4.78 is 0. The minimum Gasteiger partial charge on any atom is -0.303 e. The fourth-order valence-electron chi connectivity index (χ4n) is 2.04. The van der Waals surface area contributed by atoms with Crippen LogP contribution in [0.5, 0.6) is 0 Å². The minimum atomic E-state index is 0.751. The molecule has 0 radical (unpaired) electrons. The molecule has 18 heavy (non-hydrogen) atoms. The van der Waals surface area contributed by atoms with Gasteiger partial charge in [-0.05, 0) is 38.0 Å². The fourth-order valence-corrected chi connectivity index (χ4v) is 2.04. The first-order chi connectivity index (χ1) is 8.77. The van der Waals surface area contributed by atoms with Crippen molar-refractivity contribution in [1.82, 2.24) is 0 Å². The van der Waals surface area contributed by atoms with Gasteiger partial charge in [-0.25, -0.2) is 0 Å². The molecule has 1 heteroatoms. The van der Waals surface area contributed by atoms with E-state index in [2.05, 4.69) is 26.0 Å². The van der Waals surface area contributed by atoms with Crippen molar-refractivity contribution in [3.05, 3.63) is 12.2 Å². The molecule has 0 saturated carbocycles. The largest absolute Gasteiger partial charge is 0.303 e. The Hall–Kier alpha value is -0.590. The summed E-state index contributed by atoms with van der Waals surface area (Å²) in [6, 6.07) is 0. The molecule has 106 valence electrons. The summed E-state index contributed by atoms with van der Waals surface area (Å²) in [6.45, 7) is 4.56. The maximum Gasteiger partial charge on any atom is 0.119 e. The number of carbonyl (C=O) groups is 1. The number of carbonyl (C=O) groups excluding carboxylic acids is 1. The van der Waals surface area contributed by atoms with Crippen LogP contribution >= 0.6 is 0 Å². The molecule has 0 rings (SSSR count). The first-order valence-corrected chi connectivity index (χ1v) is 7.86. The lowest BCUT2D eigenvalue weighted by Gasteiger charge is -2.00. The van der Waals surface area contributed by atoms with E-state index in [-0.39, 0.29) is 0 Å². The topological polar surface area (TPSA) is 17.1 Å². The van der Waals surface area contributed by atoms with Gasteiger partial charge in [0.1, 0.15) is 6.29 Å². The molecule has 1 nitrogen and oxygen atoms in total. The van der Waals surface area contributed by atoms with Crippen LogP contribution in [0.4, 0.5) is 0 Å². The van der Waals surface area contributed by atoms with E-state index in [1.165, 1.54) is 57.8 Å². The Kier molecular flexibility index (Phi) is 14.0. The molecule has 0 atom stereocenters. The molecular weight excluding hydrogens is 220 g/mol. The Morgan fingerprint density at radius 1 is 0.722 bits per heavy atom. The molecule has 0 N–H and O–H groups in total. The molecule has 0 amide bonds. The third-order valence-electron chi connectivity index (χ3n) is 3.27. The lowest BCUT2D eigenvalue weighted by Crippen LogP contribution is -1.84. The van der Waals surface area contributed by atoms with Gasteiger partial charge in [-0.15, -0.1) is 0 Å². The fraction of sp³-hybridized carbons (Fsp3) is 0.824. The van der Waals surface area contributed by atoms with Gasteiger partial charge < -0.3 is 4.79 Å². The van der Waals surface area contributed by atoms with Gasteiger partial charge >= 0.3 is 0 Å². The van der Waals surface area contributed by atoms with Gasteiger partial charge in [-0.1, -0.05) is 58.1 Å². The molecule has 0 aromatic heterocycles. The van der Waals surface area contributed by atoms with Crippen molar-refractivity contribution in [3.63, 3.8) is 0 Å². The monoisotopic (exact) mass is 252 g/mol. The summed E-state index contributed by atoms with van der Waals surface area (Å²) in [5, 5.41) is 0. The molecule has 0 fully saturated rings. The van der Waals surface area contributed by atoms with Crippen LogP contribution in [0.1, 0.15) is 84.5 Å². The van der Waals surface area contributed by atoms with Crippen molar-refractivity contribution < 1.29 is 4.79 Å². The molecule has 0 aliphatic carbocycles. The van der Waals surface area contributed by atoms with Gasteiger partial charge in [-0.2, -0.15) is 0 Å². The molecule has 0 aliphatic heterocycles. The second-order valence-electron chi connectivity index (χ2n) is 5.66. The molecule has 0 saturated heterocycles. The molecule has 0 spiro atoms. The molecule has 0 bridgehead atoms. The van der Waals surface area contributed by atoms with Gasteiger partial charge in [0, 0.05) is 6.42 Å². The Labute approximate surface area is 114 Å². The first kappa shape index (κ1) is 17.4. The van der Waals surface area contributed by atoms with Crippen molar-refractivity contribution in [2.45, 2.75) is 84.5 Å². The number of hydrogen-bond acceptors (Lipinski definition) is 1. The number of allylic oxidation sites excluding steroid dienone is 2. The highest BCUT2D eigenvalue weighted by Gasteiger charge is 1.92. The number of hydrogen-bond donors (Lipinski definition) is 0. The lowest BCUT2D eigenvalue weighted by molar-refractivity contribution is -0.107. The Bertz CT molecular complexity index is 194. The Balaban J connectivity index is 3.04. The molecular formula is C17H32O. The summed E-state index contributed by atoms with van der Waals surface area (Å²) in [5.41, 5.74) is 0. The van der Waals surface area contributed by atoms with Crippen LogP contribution < -0.4 is 0 Å². The van der Waals surface area contributed by atoms with E-state index in [1.54, 1.807) is 0 Å². The van der Waals surface area contributed by atoms with E-state index in [0.717, 1.165) is 25.0 Å². The van der Waals surface area contributed by atoms with Gasteiger partial charge in [0.05, 0.1) is 0 Å². The normalized spacial score (nSPS) is 11.5. The van der Waals surface area contributed by atoms with E-state index in [1.807, 2.05) is 0 Å². The molecule has 0 heterocycles. The zero-order valence-corrected chi connectivity index (χ0v) is 12.5. The van der Waals surface area contributed by atoms with Crippen LogP contribution in [0.3, 0.4) is 0 Å². The number of unbranched alkanes of at least 4 members (excludes halogenated alkanes) is 8. The lowest BCUT2D eigenvalue weighted by atomic mass is 10.1. The third-order valence-corrected chi connectivity index (χ3v) is 3.27. The summed E-state index contributed by atoms with van der Waals surface area (Å²) in [7, 11) is 0. The number of rotatable bonds is 13. The van der Waals surface area contributed by atoms with Crippen molar-refractivity contribution >= 4 is 6.29 Å². The van der Waals surface area contributed by atoms with Crippen molar-refractivity contribution in [2.24, 2.45) is 5.92 Å².